The van der Waals surface area contributed by atoms with Crippen LogP contribution in [0.3, 0.4) is 0 Å². The van der Waals surface area contributed by atoms with Crippen molar-refractivity contribution in [2.24, 2.45) is 18.0 Å². The van der Waals surface area contributed by atoms with E-state index in [9.17, 15) is 0 Å². The fraction of sp³-hybridized carbons (Fsp3) is 0.583. The highest BCUT2D eigenvalue weighted by Crippen LogP contribution is 2.33. The SMILES string of the molecule is CN=C(NCC1CCCOC1c1ccc(C)cc1)NC(C)Cc1c(C)nn(C)c1C. The van der Waals surface area contributed by atoms with Gasteiger partial charge in [-0.1, -0.05) is 29.8 Å². The Morgan fingerprint density at radius 1 is 1.27 bits per heavy atom. The fourth-order valence-corrected chi connectivity index (χ4v) is 4.30. The van der Waals surface area contributed by atoms with Crippen molar-refractivity contribution in [2.45, 2.75) is 59.1 Å². The first kappa shape index (κ1) is 22.3. The van der Waals surface area contributed by atoms with Crippen LogP contribution in [0.1, 0.15) is 53.9 Å². The van der Waals surface area contributed by atoms with Gasteiger partial charge in [0.15, 0.2) is 5.96 Å². The normalized spacial score (nSPS) is 20.8. The summed E-state index contributed by atoms with van der Waals surface area (Å²) in [5.74, 6) is 1.27. The molecule has 2 heterocycles. The Bertz CT molecular complexity index is 855. The van der Waals surface area contributed by atoms with E-state index >= 15 is 0 Å². The quantitative estimate of drug-likeness (QED) is 0.563. The molecule has 0 bridgehead atoms. The van der Waals surface area contributed by atoms with Gasteiger partial charge in [-0.3, -0.25) is 9.67 Å². The van der Waals surface area contributed by atoms with Gasteiger partial charge in [-0.25, -0.2) is 0 Å². The van der Waals surface area contributed by atoms with Crippen molar-refractivity contribution >= 4 is 5.96 Å². The van der Waals surface area contributed by atoms with E-state index in [0.29, 0.717) is 5.92 Å². The van der Waals surface area contributed by atoms with E-state index in [4.69, 9.17) is 4.74 Å². The molecule has 1 aliphatic rings. The molecule has 164 valence electrons. The maximum absolute atomic E-state index is 6.16. The van der Waals surface area contributed by atoms with E-state index < -0.39 is 0 Å². The van der Waals surface area contributed by atoms with Gasteiger partial charge >= 0.3 is 0 Å². The van der Waals surface area contributed by atoms with E-state index in [1.165, 1.54) is 22.4 Å². The molecule has 1 saturated heterocycles. The minimum atomic E-state index is 0.142. The van der Waals surface area contributed by atoms with Gasteiger partial charge in [0.2, 0.25) is 0 Å². The summed E-state index contributed by atoms with van der Waals surface area (Å²) in [6.07, 6.45) is 3.33. The summed E-state index contributed by atoms with van der Waals surface area (Å²) < 4.78 is 8.12. The number of aliphatic imine (C=N–C) groups is 1. The number of guanidine groups is 1. The van der Waals surface area contributed by atoms with Gasteiger partial charge < -0.3 is 15.4 Å². The highest BCUT2D eigenvalue weighted by molar-refractivity contribution is 5.80. The van der Waals surface area contributed by atoms with Crippen LogP contribution in [-0.2, 0) is 18.2 Å². The van der Waals surface area contributed by atoms with Gasteiger partial charge in [0.1, 0.15) is 0 Å². The van der Waals surface area contributed by atoms with Gasteiger partial charge in [-0.15, -0.1) is 0 Å². The lowest BCUT2D eigenvalue weighted by Gasteiger charge is -2.33. The van der Waals surface area contributed by atoms with Crippen LogP contribution in [0.4, 0.5) is 0 Å². The van der Waals surface area contributed by atoms with Gasteiger partial charge in [0.05, 0.1) is 11.8 Å². The molecule has 0 amide bonds. The first-order valence-electron chi connectivity index (χ1n) is 11.0. The van der Waals surface area contributed by atoms with E-state index in [1.54, 1.807) is 0 Å². The monoisotopic (exact) mass is 411 g/mol. The second-order valence-corrected chi connectivity index (χ2v) is 8.58. The number of nitrogens with one attached hydrogen (secondary N) is 2. The summed E-state index contributed by atoms with van der Waals surface area (Å²) in [4.78, 5) is 4.45. The average molecular weight is 412 g/mol. The number of nitrogens with zero attached hydrogens (tertiary/aromatic N) is 3. The number of ether oxygens (including phenoxy) is 1. The second-order valence-electron chi connectivity index (χ2n) is 8.58. The van der Waals surface area contributed by atoms with Crippen molar-refractivity contribution < 1.29 is 4.74 Å². The third-order valence-electron chi connectivity index (χ3n) is 6.16. The minimum absolute atomic E-state index is 0.142. The predicted molar refractivity (Wildman–Crippen MR) is 123 cm³/mol. The highest BCUT2D eigenvalue weighted by atomic mass is 16.5. The Morgan fingerprint density at radius 2 is 2.00 bits per heavy atom. The smallest absolute Gasteiger partial charge is 0.191 e. The van der Waals surface area contributed by atoms with Crippen molar-refractivity contribution in [3.8, 4) is 0 Å². The number of hydrogen-bond donors (Lipinski definition) is 2. The van der Waals surface area contributed by atoms with Gasteiger partial charge in [0.25, 0.3) is 0 Å². The van der Waals surface area contributed by atoms with Gasteiger partial charge in [-0.2, -0.15) is 5.10 Å². The Balaban J connectivity index is 1.57. The first-order valence-corrected chi connectivity index (χ1v) is 11.0. The molecule has 1 aliphatic heterocycles. The second kappa shape index (κ2) is 10.1. The van der Waals surface area contributed by atoms with Crippen molar-refractivity contribution in [2.75, 3.05) is 20.2 Å². The molecule has 6 nitrogen and oxygen atoms in total. The molecule has 3 unspecified atom stereocenters. The molecule has 0 spiro atoms. The van der Waals surface area contributed by atoms with Crippen LogP contribution in [0.5, 0.6) is 0 Å². The minimum Gasteiger partial charge on any atom is -0.373 e. The third-order valence-corrected chi connectivity index (χ3v) is 6.16. The standard InChI is InChI=1S/C24H37N5O/c1-16-9-11-20(12-10-16)23-21(8-7-13-30-23)15-26-24(25-5)27-17(2)14-22-18(3)28-29(6)19(22)4/h9-12,17,21,23H,7-8,13-15H2,1-6H3,(H2,25,26,27). The molecule has 3 rings (SSSR count). The summed E-state index contributed by atoms with van der Waals surface area (Å²) in [6, 6.07) is 9.00. The summed E-state index contributed by atoms with van der Waals surface area (Å²) in [7, 11) is 3.83. The lowest BCUT2D eigenvalue weighted by molar-refractivity contribution is -0.0265. The van der Waals surface area contributed by atoms with Crippen LogP contribution in [0.15, 0.2) is 29.3 Å². The van der Waals surface area contributed by atoms with Crippen LogP contribution in [0.2, 0.25) is 0 Å². The average Bonchev–Trinajstić information content (AvgIpc) is 2.98. The number of aromatic nitrogens is 2. The Morgan fingerprint density at radius 3 is 2.63 bits per heavy atom. The van der Waals surface area contributed by atoms with Crippen molar-refractivity contribution in [3.63, 3.8) is 0 Å². The van der Waals surface area contributed by atoms with E-state index in [0.717, 1.165) is 44.1 Å². The van der Waals surface area contributed by atoms with E-state index in [2.05, 4.69) is 72.7 Å². The summed E-state index contributed by atoms with van der Waals surface area (Å²) in [6.45, 7) is 10.2. The molecule has 0 saturated carbocycles. The van der Waals surface area contributed by atoms with Crippen molar-refractivity contribution in [1.29, 1.82) is 0 Å². The molecule has 3 atom stereocenters. The molecule has 2 N–H and O–H groups in total. The number of hydrogen-bond acceptors (Lipinski definition) is 3. The first-order chi connectivity index (χ1) is 14.4. The van der Waals surface area contributed by atoms with Gasteiger partial charge in [0, 0.05) is 44.9 Å². The fourth-order valence-electron chi connectivity index (χ4n) is 4.30. The van der Waals surface area contributed by atoms with Crippen LogP contribution in [-0.4, -0.2) is 42.0 Å². The van der Waals surface area contributed by atoms with Crippen molar-refractivity contribution in [3.05, 3.63) is 52.3 Å². The predicted octanol–water partition coefficient (Wildman–Crippen LogP) is 3.61. The maximum atomic E-state index is 6.16. The molecule has 1 fully saturated rings. The van der Waals surface area contributed by atoms with Crippen LogP contribution in [0.25, 0.3) is 0 Å². The molecule has 6 heteroatoms. The number of aryl methyl sites for hydroxylation is 3. The zero-order valence-electron chi connectivity index (χ0n) is 19.3. The largest absolute Gasteiger partial charge is 0.373 e. The molecule has 1 aromatic carbocycles. The molecular weight excluding hydrogens is 374 g/mol. The molecule has 0 radical (unpaired) electrons. The molecule has 1 aromatic heterocycles. The van der Waals surface area contributed by atoms with Crippen LogP contribution >= 0.6 is 0 Å². The summed E-state index contributed by atoms with van der Waals surface area (Å²) >= 11 is 0. The Kier molecular flexibility index (Phi) is 7.53. The zero-order chi connectivity index (χ0) is 21.7. The molecule has 0 aliphatic carbocycles. The summed E-state index contributed by atoms with van der Waals surface area (Å²) in [5.41, 5.74) is 6.19. The number of benzene rings is 1. The van der Waals surface area contributed by atoms with Gasteiger partial charge in [-0.05, 0) is 58.1 Å². The Labute approximate surface area is 181 Å². The lowest BCUT2D eigenvalue weighted by atomic mass is 9.89. The third kappa shape index (κ3) is 5.42. The topological polar surface area (TPSA) is 63.5 Å². The Hall–Kier alpha value is -2.34. The van der Waals surface area contributed by atoms with E-state index in [-0.39, 0.29) is 12.1 Å². The van der Waals surface area contributed by atoms with Crippen LogP contribution < -0.4 is 10.6 Å². The zero-order valence-corrected chi connectivity index (χ0v) is 19.3. The molecular formula is C24H37N5O. The number of rotatable bonds is 6. The molecule has 2 aromatic rings. The van der Waals surface area contributed by atoms with Crippen molar-refractivity contribution in [1.82, 2.24) is 20.4 Å². The summed E-state index contributed by atoms with van der Waals surface area (Å²) in [5, 5.41) is 11.6. The van der Waals surface area contributed by atoms with Crippen LogP contribution in [0, 0.1) is 26.7 Å². The molecule has 30 heavy (non-hydrogen) atoms. The highest BCUT2D eigenvalue weighted by Gasteiger charge is 2.27. The maximum Gasteiger partial charge on any atom is 0.191 e. The van der Waals surface area contributed by atoms with E-state index in [1.807, 2.05) is 18.8 Å². The lowest BCUT2D eigenvalue weighted by Crippen LogP contribution is -2.45.